The molecule has 0 saturated heterocycles. The zero-order valence-corrected chi connectivity index (χ0v) is 15.2. The lowest BCUT2D eigenvalue weighted by Crippen LogP contribution is -2.38. The fraction of sp³-hybridized carbons (Fsp3) is 0.462. The summed E-state index contributed by atoms with van der Waals surface area (Å²) in [6.45, 7) is 4.30. The Labute approximate surface area is 147 Å². The molecule has 0 aliphatic rings. The molecule has 0 aliphatic heterocycles. The van der Waals surface area contributed by atoms with Gasteiger partial charge in [-0.2, -0.15) is 0 Å². The van der Waals surface area contributed by atoms with Crippen LogP contribution >= 0.6 is 24.0 Å². The minimum absolute atomic E-state index is 0. The first-order chi connectivity index (χ1) is 10.3. The normalized spacial score (nSPS) is 12.3. The number of halogens is 2. The minimum Gasteiger partial charge on any atom is -0.482 e. The third kappa shape index (κ3) is 7.36. The van der Waals surface area contributed by atoms with E-state index in [0.717, 1.165) is 6.54 Å². The highest BCUT2D eigenvalue weighted by molar-refractivity contribution is 7.89. The second kappa shape index (κ2) is 9.94. The first-order valence-corrected chi connectivity index (χ1v) is 8.56. The van der Waals surface area contributed by atoms with Crippen LogP contribution in [0.4, 0.5) is 0 Å². The van der Waals surface area contributed by atoms with Crippen LogP contribution in [0.1, 0.15) is 13.8 Å². The van der Waals surface area contributed by atoms with Gasteiger partial charge >= 0.3 is 0 Å². The van der Waals surface area contributed by atoms with Gasteiger partial charge in [-0.05, 0) is 31.7 Å². The number of rotatable bonds is 9. The molecule has 10 heteroatoms. The maximum atomic E-state index is 12.4. The molecular weight excluding hydrogens is 365 g/mol. The van der Waals surface area contributed by atoms with Gasteiger partial charge in [0, 0.05) is 17.6 Å². The van der Waals surface area contributed by atoms with Crippen LogP contribution in [-0.2, 0) is 14.8 Å². The quantitative estimate of drug-likeness (QED) is 0.584. The molecule has 0 spiro atoms. The fourth-order valence-corrected chi connectivity index (χ4v) is 3.23. The second-order valence-electron chi connectivity index (χ2n) is 4.66. The van der Waals surface area contributed by atoms with Gasteiger partial charge in [0.05, 0.1) is 0 Å². The maximum Gasteiger partial charge on any atom is 0.255 e. The van der Waals surface area contributed by atoms with E-state index in [2.05, 4.69) is 10.0 Å². The largest absolute Gasteiger partial charge is 0.482 e. The van der Waals surface area contributed by atoms with Crippen molar-refractivity contribution >= 4 is 39.9 Å². The van der Waals surface area contributed by atoms with Gasteiger partial charge in [0.15, 0.2) is 6.61 Å². The standard InChI is InChI=1S/C13H20ClN3O4S.ClH/c1-3-16-9(2)7-17-22(19,20)12-6-10(14)4-5-11(12)21-8-13(15)18;/h4-6,9,16-17H,3,7-8H2,1-2H3,(H2,15,18);1H/t9-;/m1./s1. The van der Waals surface area contributed by atoms with Crippen molar-refractivity contribution in [2.75, 3.05) is 19.7 Å². The Kier molecular flexibility index (Phi) is 9.48. The molecule has 23 heavy (non-hydrogen) atoms. The predicted octanol–water partition coefficient (Wildman–Crippen LogP) is 0.902. The van der Waals surface area contributed by atoms with E-state index in [1.165, 1.54) is 18.2 Å². The van der Waals surface area contributed by atoms with Crippen LogP contribution in [0.25, 0.3) is 0 Å². The van der Waals surface area contributed by atoms with E-state index in [9.17, 15) is 13.2 Å². The smallest absolute Gasteiger partial charge is 0.255 e. The molecule has 1 rings (SSSR count). The number of benzene rings is 1. The molecule has 1 aromatic carbocycles. The molecule has 0 aliphatic carbocycles. The van der Waals surface area contributed by atoms with Gasteiger partial charge < -0.3 is 15.8 Å². The van der Waals surface area contributed by atoms with Crippen LogP contribution in [0.3, 0.4) is 0 Å². The summed E-state index contributed by atoms with van der Waals surface area (Å²) in [5.74, 6) is -0.682. The Hall–Kier alpha value is -1.06. The van der Waals surface area contributed by atoms with Crippen LogP contribution in [0.5, 0.6) is 5.75 Å². The average Bonchev–Trinajstić information content (AvgIpc) is 2.44. The van der Waals surface area contributed by atoms with Gasteiger partial charge in [-0.3, -0.25) is 4.79 Å². The zero-order valence-electron chi connectivity index (χ0n) is 12.8. The number of primary amides is 1. The molecule has 0 radical (unpaired) electrons. The average molecular weight is 386 g/mol. The Morgan fingerprint density at radius 1 is 1.43 bits per heavy atom. The minimum atomic E-state index is -3.83. The third-order valence-electron chi connectivity index (χ3n) is 2.70. The second-order valence-corrected chi connectivity index (χ2v) is 6.83. The summed E-state index contributed by atoms with van der Waals surface area (Å²) in [6, 6.07) is 4.08. The monoisotopic (exact) mass is 385 g/mol. The number of sulfonamides is 1. The molecule has 1 atom stereocenters. The van der Waals surface area contributed by atoms with Crippen molar-refractivity contribution in [3.63, 3.8) is 0 Å². The molecule has 0 fully saturated rings. The summed E-state index contributed by atoms with van der Waals surface area (Å²) >= 11 is 5.85. The summed E-state index contributed by atoms with van der Waals surface area (Å²) in [5.41, 5.74) is 5.00. The van der Waals surface area contributed by atoms with E-state index in [0.29, 0.717) is 0 Å². The first kappa shape index (κ1) is 21.9. The highest BCUT2D eigenvalue weighted by atomic mass is 35.5. The molecule has 0 unspecified atom stereocenters. The van der Waals surface area contributed by atoms with Crippen molar-refractivity contribution in [1.29, 1.82) is 0 Å². The predicted molar refractivity (Wildman–Crippen MR) is 91.7 cm³/mol. The highest BCUT2D eigenvalue weighted by Gasteiger charge is 2.21. The summed E-state index contributed by atoms with van der Waals surface area (Å²) < 4.78 is 32.3. The molecule has 132 valence electrons. The van der Waals surface area contributed by atoms with Crippen molar-refractivity contribution in [2.24, 2.45) is 5.73 Å². The van der Waals surface area contributed by atoms with Crippen LogP contribution in [-0.4, -0.2) is 40.1 Å². The lowest BCUT2D eigenvalue weighted by Gasteiger charge is -2.15. The number of likely N-dealkylation sites (N-methyl/N-ethyl adjacent to an activating group) is 1. The summed E-state index contributed by atoms with van der Waals surface area (Å²) in [5, 5.41) is 3.33. The molecule has 0 aromatic heterocycles. The van der Waals surface area contributed by atoms with Gasteiger partial charge in [0.1, 0.15) is 10.6 Å². The maximum absolute atomic E-state index is 12.4. The Morgan fingerprint density at radius 3 is 2.65 bits per heavy atom. The van der Waals surface area contributed by atoms with Crippen LogP contribution in [0.15, 0.2) is 23.1 Å². The zero-order chi connectivity index (χ0) is 16.8. The van der Waals surface area contributed by atoms with Gasteiger partial charge in [-0.1, -0.05) is 18.5 Å². The summed E-state index contributed by atoms with van der Waals surface area (Å²) in [7, 11) is -3.83. The lowest BCUT2D eigenvalue weighted by molar-refractivity contribution is -0.120. The van der Waals surface area contributed by atoms with Gasteiger partial charge in [0.25, 0.3) is 5.91 Å². The number of amides is 1. The SMILES string of the molecule is CCN[C@H](C)CNS(=O)(=O)c1cc(Cl)ccc1OCC(N)=O.Cl. The van der Waals surface area contributed by atoms with Crippen molar-refractivity contribution in [3.8, 4) is 5.75 Å². The number of hydrogen-bond acceptors (Lipinski definition) is 5. The number of nitrogens with two attached hydrogens (primary N) is 1. The molecule has 7 nitrogen and oxygen atoms in total. The van der Waals surface area contributed by atoms with Gasteiger partial charge in [0.2, 0.25) is 10.0 Å². The van der Waals surface area contributed by atoms with E-state index >= 15 is 0 Å². The van der Waals surface area contributed by atoms with E-state index in [-0.39, 0.29) is 40.7 Å². The van der Waals surface area contributed by atoms with Gasteiger partial charge in [-0.15, -0.1) is 12.4 Å². The Morgan fingerprint density at radius 2 is 2.09 bits per heavy atom. The topological polar surface area (TPSA) is 111 Å². The molecule has 0 saturated carbocycles. The Balaban J connectivity index is 0.00000484. The fourth-order valence-electron chi connectivity index (χ4n) is 1.69. The van der Waals surface area contributed by atoms with Crippen molar-refractivity contribution in [2.45, 2.75) is 24.8 Å². The number of ether oxygens (including phenoxy) is 1. The van der Waals surface area contributed by atoms with E-state index in [1.807, 2.05) is 13.8 Å². The number of carbonyl (C=O) groups is 1. The number of hydrogen-bond donors (Lipinski definition) is 3. The molecule has 0 bridgehead atoms. The van der Waals surface area contributed by atoms with Crippen molar-refractivity contribution in [1.82, 2.24) is 10.0 Å². The van der Waals surface area contributed by atoms with E-state index < -0.39 is 22.5 Å². The molecule has 1 amide bonds. The lowest BCUT2D eigenvalue weighted by atomic mass is 10.3. The van der Waals surface area contributed by atoms with E-state index in [4.69, 9.17) is 22.1 Å². The van der Waals surface area contributed by atoms with Crippen LogP contribution in [0, 0.1) is 0 Å². The van der Waals surface area contributed by atoms with Crippen molar-refractivity contribution in [3.05, 3.63) is 23.2 Å². The highest BCUT2D eigenvalue weighted by Crippen LogP contribution is 2.27. The van der Waals surface area contributed by atoms with Crippen LogP contribution in [0.2, 0.25) is 5.02 Å². The van der Waals surface area contributed by atoms with Crippen molar-refractivity contribution < 1.29 is 17.9 Å². The number of nitrogens with one attached hydrogen (secondary N) is 2. The first-order valence-electron chi connectivity index (χ1n) is 6.70. The molecular formula is C13H21Cl2N3O4S. The van der Waals surface area contributed by atoms with E-state index in [1.54, 1.807) is 0 Å². The molecule has 1 aromatic rings. The molecule has 0 heterocycles. The van der Waals surface area contributed by atoms with Gasteiger partial charge in [-0.25, -0.2) is 13.1 Å². The third-order valence-corrected chi connectivity index (χ3v) is 4.38. The summed E-state index contributed by atoms with van der Waals surface area (Å²) in [4.78, 5) is 10.7. The number of carbonyl (C=O) groups excluding carboxylic acids is 1. The Bertz CT molecular complexity index is 626. The van der Waals surface area contributed by atoms with Crippen LogP contribution < -0.4 is 20.5 Å². The molecule has 4 N–H and O–H groups in total. The summed E-state index contributed by atoms with van der Waals surface area (Å²) in [6.07, 6.45) is 0.